The molecule has 3 nitrogen and oxygen atoms in total. The lowest BCUT2D eigenvalue weighted by molar-refractivity contribution is 0.330. The molecule has 0 N–H and O–H groups in total. The Labute approximate surface area is 264 Å². The molecule has 2 atom stereocenters. The summed E-state index contributed by atoms with van der Waals surface area (Å²) in [5.74, 6) is 0.842. The highest BCUT2D eigenvalue weighted by Crippen LogP contribution is 2.35. The largest absolute Gasteiger partial charge is 0.303 e. The summed E-state index contributed by atoms with van der Waals surface area (Å²) in [5.41, 5.74) is 9.40. The summed E-state index contributed by atoms with van der Waals surface area (Å²) in [5, 5.41) is 7.87. The second-order valence-corrected chi connectivity index (χ2v) is 13.4. The molecule has 1 radical (unpaired) electrons. The number of hydrogen-bond donors (Lipinski definition) is 0. The van der Waals surface area contributed by atoms with Crippen molar-refractivity contribution in [3.8, 4) is 0 Å². The van der Waals surface area contributed by atoms with Gasteiger partial charge in [0.05, 0.1) is 23.3 Å². The maximum Gasteiger partial charge on any atom is 0.0716 e. The highest BCUT2D eigenvalue weighted by Gasteiger charge is 2.30. The molecule has 1 fully saturated rings. The summed E-state index contributed by atoms with van der Waals surface area (Å²) in [7, 11) is 0. The van der Waals surface area contributed by atoms with Crippen LogP contribution in [0.4, 0.5) is 0 Å². The van der Waals surface area contributed by atoms with Gasteiger partial charge >= 0.3 is 0 Å². The standard InChI is InChI=1S/C42H38N3/c1-2-10-28(11-3-1)24-30-16-17-35-36(42(30)40-26-39-37(27-43-40)33-14-6-7-15-38(33)44-39)19-18-34-32-13-5-4-12-29(32)25-31(41(34)35)20-23-45-21-8-9-22-45/h1-5,7,10-15,18-19,25-26,30-31H,8-9,16-17,20-24,27H2. The first-order valence-corrected chi connectivity index (χ1v) is 16.9. The van der Waals surface area contributed by atoms with E-state index in [2.05, 4.69) is 102 Å². The summed E-state index contributed by atoms with van der Waals surface area (Å²) in [6.07, 6.45) is 12.0. The van der Waals surface area contributed by atoms with E-state index in [1.165, 1.54) is 81.7 Å². The zero-order valence-electron chi connectivity index (χ0n) is 25.8. The molecule has 5 aliphatic rings. The summed E-state index contributed by atoms with van der Waals surface area (Å²) in [6.45, 7) is 4.36. The van der Waals surface area contributed by atoms with Gasteiger partial charge in [-0.2, -0.15) is 0 Å². The van der Waals surface area contributed by atoms with E-state index in [4.69, 9.17) is 9.98 Å². The molecule has 0 saturated carbocycles. The molecule has 221 valence electrons. The third-order valence-electron chi connectivity index (χ3n) is 10.8. The number of dihydropyridines is 1. The van der Waals surface area contributed by atoms with Crippen molar-refractivity contribution in [3.63, 3.8) is 0 Å². The molecule has 0 spiro atoms. The van der Waals surface area contributed by atoms with E-state index in [9.17, 15) is 0 Å². The maximum absolute atomic E-state index is 5.32. The second kappa shape index (κ2) is 11.2. The molecule has 3 aliphatic heterocycles. The van der Waals surface area contributed by atoms with Crippen LogP contribution in [0.3, 0.4) is 0 Å². The van der Waals surface area contributed by atoms with Crippen LogP contribution < -0.4 is 21.0 Å². The van der Waals surface area contributed by atoms with Gasteiger partial charge in [-0.05, 0) is 131 Å². The molecule has 3 heterocycles. The van der Waals surface area contributed by atoms with Crippen LogP contribution in [-0.4, -0.2) is 36.8 Å². The molecule has 4 aromatic rings. The second-order valence-electron chi connectivity index (χ2n) is 13.4. The van der Waals surface area contributed by atoms with Crippen LogP contribution in [0.25, 0.3) is 17.2 Å². The maximum atomic E-state index is 5.32. The Morgan fingerprint density at radius 1 is 0.844 bits per heavy atom. The Morgan fingerprint density at radius 3 is 2.60 bits per heavy atom. The first kappa shape index (κ1) is 27.0. The third kappa shape index (κ3) is 4.76. The van der Waals surface area contributed by atoms with Crippen molar-refractivity contribution >= 4 is 22.9 Å². The molecule has 2 aliphatic carbocycles. The van der Waals surface area contributed by atoms with Crippen LogP contribution in [-0.2, 0) is 12.8 Å². The van der Waals surface area contributed by atoms with Crippen molar-refractivity contribution in [1.29, 1.82) is 0 Å². The van der Waals surface area contributed by atoms with Crippen LogP contribution in [0.1, 0.15) is 48.3 Å². The monoisotopic (exact) mass is 584 g/mol. The number of allylic oxidation sites excluding steroid dienone is 1. The topological polar surface area (TPSA) is 28.0 Å². The van der Waals surface area contributed by atoms with Gasteiger partial charge in [0.2, 0.25) is 0 Å². The fourth-order valence-corrected chi connectivity index (χ4v) is 8.61. The van der Waals surface area contributed by atoms with Gasteiger partial charge < -0.3 is 4.90 Å². The van der Waals surface area contributed by atoms with Crippen molar-refractivity contribution in [2.24, 2.45) is 15.9 Å². The molecule has 0 bridgehead atoms. The van der Waals surface area contributed by atoms with Crippen LogP contribution in [0.2, 0.25) is 0 Å². The number of aliphatic imine (C=N–C) groups is 1. The Balaban J connectivity index is 1.24. The number of benzene rings is 4. The minimum atomic E-state index is 0.412. The van der Waals surface area contributed by atoms with Crippen molar-refractivity contribution in [2.75, 3.05) is 26.2 Å². The Kier molecular flexibility index (Phi) is 6.74. The van der Waals surface area contributed by atoms with Gasteiger partial charge in [-0.25, -0.2) is 4.99 Å². The average molecular weight is 585 g/mol. The zero-order chi connectivity index (χ0) is 29.7. The molecular formula is C42H38N3. The lowest BCUT2D eigenvalue weighted by Gasteiger charge is -2.31. The van der Waals surface area contributed by atoms with E-state index in [-0.39, 0.29) is 0 Å². The van der Waals surface area contributed by atoms with Gasteiger partial charge in [-0.1, -0.05) is 78.9 Å². The summed E-state index contributed by atoms with van der Waals surface area (Å²) in [4.78, 5) is 13.0. The fourth-order valence-electron chi connectivity index (χ4n) is 8.61. The Hall–Kier alpha value is -4.34. The smallest absolute Gasteiger partial charge is 0.0716 e. The summed E-state index contributed by atoms with van der Waals surface area (Å²) >= 11 is 0. The zero-order valence-corrected chi connectivity index (χ0v) is 25.8. The van der Waals surface area contributed by atoms with E-state index in [0.29, 0.717) is 18.4 Å². The number of fused-ring (bicyclic) bond motifs is 6. The van der Waals surface area contributed by atoms with Crippen LogP contribution >= 0.6 is 0 Å². The van der Waals surface area contributed by atoms with Gasteiger partial charge in [0, 0.05) is 16.7 Å². The van der Waals surface area contributed by atoms with E-state index in [0.717, 1.165) is 36.0 Å². The molecule has 0 amide bonds. The molecule has 0 aromatic heterocycles. The Morgan fingerprint density at radius 2 is 1.69 bits per heavy atom. The average Bonchev–Trinajstić information content (AvgIpc) is 3.75. The van der Waals surface area contributed by atoms with Crippen molar-refractivity contribution in [2.45, 2.75) is 44.4 Å². The molecule has 2 unspecified atom stereocenters. The summed E-state index contributed by atoms with van der Waals surface area (Å²) in [6, 6.07) is 34.3. The van der Waals surface area contributed by atoms with Crippen molar-refractivity contribution in [3.05, 3.63) is 151 Å². The van der Waals surface area contributed by atoms with Crippen LogP contribution in [0.5, 0.6) is 0 Å². The molecular weight excluding hydrogens is 546 g/mol. The highest BCUT2D eigenvalue weighted by atomic mass is 15.1. The van der Waals surface area contributed by atoms with Gasteiger partial charge in [0.25, 0.3) is 0 Å². The molecule has 4 aromatic carbocycles. The van der Waals surface area contributed by atoms with Gasteiger partial charge in [-0.3, -0.25) is 4.99 Å². The number of rotatable bonds is 6. The normalized spacial score (nSPS) is 21.4. The van der Waals surface area contributed by atoms with Gasteiger partial charge in [-0.15, -0.1) is 0 Å². The van der Waals surface area contributed by atoms with Crippen molar-refractivity contribution in [1.82, 2.24) is 4.90 Å². The lowest BCUT2D eigenvalue weighted by Crippen LogP contribution is -2.33. The van der Waals surface area contributed by atoms with E-state index < -0.39 is 0 Å². The predicted molar refractivity (Wildman–Crippen MR) is 183 cm³/mol. The molecule has 3 heteroatoms. The third-order valence-corrected chi connectivity index (χ3v) is 10.8. The lowest BCUT2D eigenvalue weighted by atomic mass is 9.74. The first-order chi connectivity index (χ1) is 22.3. The van der Waals surface area contributed by atoms with Crippen molar-refractivity contribution < 1.29 is 0 Å². The number of hydrogen-bond acceptors (Lipinski definition) is 3. The SMILES string of the molecule is [c]1ccc2c(c1)=C1CN=C(C3=c4ccc5c(c4CCC3Cc3ccccc3)C(CCN3CCCC3)C=c3ccccc3=5)C=C1N=2. The first-order valence-electron chi connectivity index (χ1n) is 16.9. The van der Waals surface area contributed by atoms with Crippen LogP contribution in [0, 0.1) is 22.4 Å². The van der Waals surface area contributed by atoms with Gasteiger partial charge in [0.1, 0.15) is 0 Å². The molecule has 9 rings (SSSR count). The van der Waals surface area contributed by atoms with E-state index in [1.807, 2.05) is 6.07 Å². The highest BCUT2D eigenvalue weighted by molar-refractivity contribution is 6.27. The fraction of sp³-hybridized carbons (Fsp3) is 0.286. The molecule has 1 saturated heterocycles. The number of nitrogens with zero attached hydrogens (tertiary/aromatic N) is 3. The van der Waals surface area contributed by atoms with Gasteiger partial charge in [0.15, 0.2) is 0 Å². The minimum Gasteiger partial charge on any atom is -0.303 e. The predicted octanol–water partition coefficient (Wildman–Crippen LogP) is 4.92. The summed E-state index contributed by atoms with van der Waals surface area (Å²) < 4.78 is 0. The molecule has 45 heavy (non-hydrogen) atoms. The number of likely N-dealkylation sites (tertiary alicyclic amines) is 1. The van der Waals surface area contributed by atoms with Crippen LogP contribution in [0.15, 0.2) is 107 Å². The quantitative estimate of drug-likeness (QED) is 0.317. The Bertz CT molecular complexity index is 2240. The minimum absolute atomic E-state index is 0.412. The van der Waals surface area contributed by atoms with E-state index >= 15 is 0 Å². The van der Waals surface area contributed by atoms with E-state index in [1.54, 1.807) is 11.1 Å².